The van der Waals surface area contributed by atoms with Gasteiger partial charge in [0.05, 0.1) is 23.5 Å². The van der Waals surface area contributed by atoms with Gasteiger partial charge in [0.1, 0.15) is 5.52 Å². The maximum absolute atomic E-state index is 12.0. The minimum atomic E-state index is -0.0855. The number of carbonyl (C=O) groups is 1. The monoisotopic (exact) mass is 330 g/mol. The number of hydrogen-bond donors (Lipinski definition) is 0. The Kier molecular flexibility index (Phi) is 3.41. The standard InChI is InChI=1S/C16H18N4O2S/c1-10-14(19-13-12(18-10)4-3-6-17-13)20-8-16(9-20)11(5-7-23-16)15(21)22-2/h3-4,6,11H,5,7-9H2,1-2H3. The van der Waals surface area contributed by atoms with Gasteiger partial charge in [-0.3, -0.25) is 4.79 Å². The maximum atomic E-state index is 12.0. The van der Waals surface area contributed by atoms with E-state index in [1.807, 2.05) is 30.8 Å². The summed E-state index contributed by atoms with van der Waals surface area (Å²) in [7, 11) is 1.47. The molecule has 23 heavy (non-hydrogen) atoms. The fraction of sp³-hybridized carbons (Fsp3) is 0.500. The molecule has 0 saturated carbocycles. The van der Waals surface area contributed by atoms with E-state index in [1.165, 1.54) is 7.11 Å². The number of thioether (sulfide) groups is 1. The molecule has 4 heterocycles. The van der Waals surface area contributed by atoms with Gasteiger partial charge in [-0.1, -0.05) is 0 Å². The Morgan fingerprint density at radius 3 is 3.04 bits per heavy atom. The van der Waals surface area contributed by atoms with Crippen molar-refractivity contribution in [2.45, 2.75) is 18.1 Å². The van der Waals surface area contributed by atoms with Crippen molar-refractivity contribution in [3.8, 4) is 0 Å². The van der Waals surface area contributed by atoms with Gasteiger partial charge in [0.2, 0.25) is 0 Å². The molecular formula is C16H18N4O2S. The average molecular weight is 330 g/mol. The molecule has 0 bridgehead atoms. The fourth-order valence-electron chi connectivity index (χ4n) is 3.55. The minimum absolute atomic E-state index is 0.0133. The number of fused-ring (bicyclic) bond motifs is 1. The van der Waals surface area contributed by atoms with Gasteiger partial charge in [-0.2, -0.15) is 11.8 Å². The molecule has 2 saturated heterocycles. The van der Waals surface area contributed by atoms with Crippen LogP contribution in [0.2, 0.25) is 0 Å². The lowest BCUT2D eigenvalue weighted by atomic mass is 9.83. The molecule has 2 aromatic heterocycles. The highest BCUT2D eigenvalue weighted by Crippen LogP contribution is 2.50. The number of carbonyl (C=O) groups excluding carboxylic acids is 1. The molecule has 6 nitrogen and oxygen atoms in total. The highest BCUT2D eigenvalue weighted by atomic mass is 32.2. The van der Waals surface area contributed by atoms with Gasteiger partial charge in [0.25, 0.3) is 0 Å². The summed E-state index contributed by atoms with van der Waals surface area (Å²) in [6, 6.07) is 3.79. The number of ether oxygens (including phenoxy) is 1. The number of anilines is 1. The zero-order valence-corrected chi connectivity index (χ0v) is 14.0. The molecular weight excluding hydrogens is 312 g/mol. The first-order valence-corrected chi connectivity index (χ1v) is 8.68. The van der Waals surface area contributed by atoms with E-state index >= 15 is 0 Å². The first kappa shape index (κ1) is 14.7. The number of rotatable bonds is 2. The van der Waals surface area contributed by atoms with Gasteiger partial charge in [-0.15, -0.1) is 0 Å². The van der Waals surface area contributed by atoms with Crippen molar-refractivity contribution in [1.82, 2.24) is 15.0 Å². The third-order valence-corrected chi connectivity index (χ3v) is 6.28. The second-order valence-corrected chi connectivity index (χ2v) is 7.62. The van der Waals surface area contributed by atoms with Gasteiger partial charge >= 0.3 is 5.97 Å². The Morgan fingerprint density at radius 1 is 1.43 bits per heavy atom. The molecule has 0 amide bonds. The van der Waals surface area contributed by atoms with Gasteiger partial charge < -0.3 is 9.64 Å². The first-order chi connectivity index (χ1) is 11.1. The Balaban J connectivity index is 1.60. The first-order valence-electron chi connectivity index (χ1n) is 7.69. The van der Waals surface area contributed by atoms with Crippen LogP contribution >= 0.6 is 11.8 Å². The van der Waals surface area contributed by atoms with Crippen LogP contribution in [-0.4, -0.2) is 51.6 Å². The number of esters is 1. The number of aryl methyl sites for hydroxylation is 1. The largest absolute Gasteiger partial charge is 0.469 e. The van der Waals surface area contributed by atoms with Crippen LogP contribution in [0.15, 0.2) is 18.3 Å². The molecule has 1 spiro atoms. The summed E-state index contributed by atoms with van der Waals surface area (Å²) in [6.45, 7) is 3.59. The lowest BCUT2D eigenvalue weighted by Crippen LogP contribution is -2.63. The van der Waals surface area contributed by atoms with Crippen molar-refractivity contribution in [1.29, 1.82) is 0 Å². The number of hydrogen-bond acceptors (Lipinski definition) is 7. The Hall–Kier alpha value is -1.89. The molecule has 2 aromatic rings. The van der Waals surface area contributed by atoms with Crippen molar-refractivity contribution in [2.24, 2.45) is 5.92 Å². The minimum Gasteiger partial charge on any atom is -0.469 e. The van der Waals surface area contributed by atoms with Gasteiger partial charge in [0.15, 0.2) is 11.5 Å². The number of methoxy groups -OCH3 is 1. The summed E-state index contributed by atoms with van der Waals surface area (Å²) in [5.74, 6) is 1.79. The van der Waals surface area contributed by atoms with Crippen LogP contribution in [0.1, 0.15) is 12.1 Å². The molecule has 0 aromatic carbocycles. The Labute approximate surface area is 138 Å². The summed E-state index contributed by atoms with van der Waals surface area (Å²) in [5.41, 5.74) is 2.38. The number of nitrogens with zero attached hydrogens (tertiary/aromatic N) is 4. The Morgan fingerprint density at radius 2 is 2.26 bits per heavy atom. The van der Waals surface area contributed by atoms with E-state index in [2.05, 4.69) is 19.9 Å². The van der Waals surface area contributed by atoms with Crippen molar-refractivity contribution < 1.29 is 9.53 Å². The quantitative estimate of drug-likeness (QED) is 0.778. The van der Waals surface area contributed by atoms with Crippen LogP contribution in [0.5, 0.6) is 0 Å². The molecule has 4 rings (SSSR count). The second-order valence-electron chi connectivity index (χ2n) is 6.11. The zero-order chi connectivity index (χ0) is 16.0. The van der Waals surface area contributed by atoms with Crippen LogP contribution in [-0.2, 0) is 9.53 Å². The van der Waals surface area contributed by atoms with Gasteiger partial charge in [-0.05, 0) is 31.2 Å². The highest BCUT2D eigenvalue weighted by molar-refractivity contribution is 8.01. The molecule has 1 unspecified atom stereocenters. The van der Waals surface area contributed by atoms with Crippen LogP contribution in [0.25, 0.3) is 11.2 Å². The molecule has 0 radical (unpaired) electrons. The molecule has 7 heteroatoms. The highest BCUT2D eigenvalue weighted by Gasteiger charge is 2.56. The molecule has 120 valence electrons. The van der Waals surface area contributed by atoms with Crippen LogP contribution in [0.3, 0.4) is 0 Å². The summed E-state index contributed by atoms with van der Waals surface area (Å²) in [4.78, 5) is 27.8. The van der Waals surface area contributed by atoms with E-state index < -0.39 is 0 Å². The van der Waals surface area contributed by atoms with Gasteiger partial charge in [0, 0.05) is 19.3 Å². The van der Waals surface area contributed by atoms with Crippen LogP contribution < -0.4 is 4.90 Å². The Bertz CT molecular complexity index is 776. The lowest BCUT2D eigenvalue weighted by molar-refractivity contribution is -0.146. The molecule has 0 aliphatic carbocycles. The second kappa shape index (κ2) is 5.33. The van der Waals surface area contributed by atoms with Crippen LogP contribution in [0, 0.1) is 12.8 Å². The van der Waals surface area contributed by atoms with E-state index in [1.54, 1.807) is 6.20 Å². The predicted molar refractivity (Wildman–Crippen MR) is 89.6 cm³/mol. The molecule has 2 aliphatic heterocycles. The SMILES string of the molecule is COC(=O)C1CCSC12CN(c1nc3ncccc3nc1C)C2. The molecule has 2 aliphatic rings. The number of aromatic nitrogens is 3. The number of pyridine rings is 1. The zero-order valence-electron chi connectivity index (χ0n) is 13.2. The van der Waals surface area contributed by atoms with Gasteiger partial charge in [-0.25, -0.2) is 15.0 Å². The third-order valence-electron chi connectivity index (χ3n) is 4.72. The van der Waals surface area contributed by atoms with E-state index in [0.29, 0.717) is 5.65 Å². The molecule has 2 fully saturated rings. The van der Waals surface area contributed by atoms with Crippen molar-refractivity contribution in [3.63, 3.8) is 0 Å². The van der Waals surface area contributed by atoms with E-state index in [0.717, 1.165) is 42.3 Å². The summed E-state index contributed by atoms with van der Waals surface area (Å²) in [5, 5.41) is 0. The maximum Gasteiger partial charge on any atom is 0.310 e. The normalized spacial score (nSPS) is 22.3. The lowest BCUT2D eigenvalue weighted by Gasteiger charge is -2.50. The van der Waals surface area contributed by atoms with Crippen LogP contribution in [0.4, 0.5) is 5.82 Å². The molecule has 1 atom stereocenters. The van der Waals surface area contributed by atoms with Crippen molar-refractivity contribution in [2.75, 3.05) is 30.9 Å². The van der Waals surface area contributed by atoms with Crippen molar-refractivity contribution in [3.05, 3.63) is 24.0 Å². The third kappa shape index (κ3) is 2.25. The van der Waals surface area contributed by atoms with E-state index in [4.69, 9.17) is 4.74 Å². The fourth-order valence-corrected chi connectivity index (χ4v) is 5.22. The van der Waals surface area contributed by atoms with E-state index in [-0.39, 0.29) is 16.6 Å². The summed E-state index contributed by atoms with van der Waals surface area (Å²) in [6.07, 6.45) is 2.63. The summed E-state index contributed by atoms with van der Waals surface area (Å²) < 4.78 is 4.95. The topological polar surface area (TPSA) is 68.2 Å². The van der Waals surface area contributed by atoms with E-state index in [9.17, 15) is 4.79 Å². The molecule has 0 N–H and O–H groups in total. The predicted octanol–water partition coefficient (Wildman–Crippen LogP) is 1.82. The average Bonchev–Trinajstić information content (AvgIpc) is 2.97. The summed E-state index contributed by atoms with van der Waals surface area (Å²) >= 11 is 1.88. The van der Waals surface area contributed by atoms with Crippen molar-refractivity contribution >= 4 is 34.7 Å². The smallest absolute Gasteiger partial charge is 0.310 e.